The highest BCUT2D eigenvalue weighted by Crippen LogP contribution is 2.22. The Morgan fingerprint density at radius 3 is 2.22 bits per heavy atom. The van der Waals surface area contributed by atoms with Crippen LogP contribution in [0, 0.1) is 0 Å². The number of carbonyl (C=O) groups is 2. The molecule has 0 fully saturated rings. The topological polar surface area (TPSA) is 66.4 Å². The molecule has 0 saturated carbocycles. The van der Waals surface area contributed by atoms with E-state index in [1.807, 2.05) is 0 Å². The van der Waals surface area contributed by atoms with Crippen molar-refractivity contribution in [3.8, 4) is 0 Å². The summed E-state index contributed by atoms with van der Waals surface area (Å²) in [5.74, 6) is -3.18. The highest BCUT2D eigenvalue weighted by Gasteiger charge is 2.38. The second-order valence-electron chi connectivity index (χ2n) is 3.16. The molecular formula is C10H8F3NO3S. The van der Waals surface area contributed by atoms with E-state index in [2.05, 4.69) is 0 Å². The normalized spacial score (nSPS) is 11.1. The van der Waals surface area contributed by atoms with Crippen molar-refractivity contribution in [2.75, 3.05) is 11.1 Å². The first-order valence-corrected chi connectivity index (χ1v) is 5.60. The average Bonchev–Trinajstić information content (AvgIpc) is 2.26. The molecule has 0 radical (unpaired) electrons. The third kappa shape index (κ3) is 4.66. The van der Waals surface area contributed by atoms with E-state index in [4.69, 9.17) is 5.11 Å². The molecule has 0 unspecified atom stereocenters. The number of nitrogens with one attached hydrogen (secondary N) is 1. The van der Waals surface area contributed by atoms with Gasteiger partial charge in [0.15, 0.2) is 0 Å². The smallest absolute Gasteiger partial charge is 0.471 e. The van der Waals surface area contributed by atoms with Crippen LogP contribution in [-0.4, -0.2) is 28.9 Å². The number of hydrogen-bond donors (Lipinski definition) is 2. The lowest BCUT2D eigenvalue weighted by atomic mass is 10.3. The van der Waals surface area contributed by atoms with Crippen LogP contribution in [0.15, 0.2) is 29.2 Å². The van der Waals surface area contributed by atoms with E-state index >= 15 is 0 Å². The zero-order chi connectivity index (χ0) is 13.8. The third-order valence-electron chi connectivity index (χ3n) is 1.73. The van der Waals surface area contributed by atoms with E-state index < -0.39 is 18.1 Å². The number of benzene rings is 1. The van der Waals surface area contributed by atoms with Crippen LogP contribution >= 0.6 is 11.8 Å². The summed E-state index contributed by atoms with van der Waals surface area (Å²) in [6.07, 6.45) is -4.93. The van der Waals surface area contributed by atoms with Gasteiger partial charge in [-0.2, -0.15) is 13.2 Å². The number of carboxylic acids is 1. The van der Waals surface area contributed by atoms with Gasteiger partial charge in [0.1, 0.15) is 0 Å². The summed E-state index contributed by atoms with van der Waals surface area (Å²) in [6.45, 7) is 0. The number of hydrogen-bond acceptors (Lipinski definition) is 3. The molecule has 0 aliphatic rings. The minimum absolute atomic E-state index is 0.00278. The molecule has 8 heteroatoms. The fraction of sp³-hybridized carbons (Fsp3) is 0.200. The van der Waals surface area contributed by atoms with E-state index in [0.717, 1.165) is 11.8 Å². The highest BCUT2D eigenvalue weighted by molar-refractivity contribution is 8.00. The maximum Gasteiger partial charge on any atom is 0.471 e. The Bertz CT molecular complexity index is 445. The van der Waals surface area contributed by atoms with Crippen LogP contribution in [0.5, 0.6) is 0 Å². The molecule has 1 aromatic rings. The fourth-order valence-corrected chi connectivity index (χ4v) is 1.60. The van der Waals surface area contributed by atoms with Gasteiger partial charge in [-0.05, 0) is 24.3 Å². The van der Waals surface area contributed by atoms with Crippen molar-refractivity contribution >= 4 is 29.3 Å². The molecule has 98 valence electrons. The SMILES string of the molecule is O=C(O)CSc1ccc(NC(=O)C(F)(F)F)cc1. The number of thioether (sulfide) groups is 1. The quantitative estimate of drug-likeness (QED) is 0.830. The molecule has 2 N–H and O–H groups in total. The van der Waals surface area contributed by atoms with Gasteiger partial charge in [-0.25, -0.2) is 0 Å². The maximum absolute atomic E-state index is 11.9. The van der Waals surface area contributed by atoms with E-state index in [9.17, 15) is 22.8 Å². The molecule has 0 bridgehead atoms. The largest absolute Gasteiger partial charge is 0.481 e. The Hall–Kier alpha value is -1.70. The average molecular weight is 279 g/mol. The Kier molecular flexibility index (Phi) is 4.60. The molecule has 0 heterocycles. The number of halogens is 3. The van der Waals surface area contributed by atoms with E-state index in [-0.39, 0.29) is 11.4 Å². The standard InChI is InChI=1S/C10H8F3NO3S/c11-10(12,13)9(17)14-6-1-3-7(4-2-6)18-5-8(15)16/h1-4H,5H2,(H,14,17)(H,15,16). The van der Waals surface area contributed by atoms with Crippen LogP contribution in [-0.2, 0) is 9.59 Å². The van der Waals surface area contributed by atoms with Crippen LogP contribution in [0.25, 0.3) is 0 Å². The minimum Gasteiger partial charge on any atom is -0.481 e. The molecule has 4 nitrogen and oxygen atoms in total. The van der Waals surface area contributed by atoms with Crippen LogP contribution in [0.3, 0.4) is 0 Å². The van der Waals surface area contributed by atoms with Crippen molar-refractivity contribution in [1.82, 2.24) is 0 Å². The number of carboxylic acid groups (broad SMARTS) is 1. The summed E-state index contributed by atoms with van der Waals surface area (Å²) >= 11 is 1.03. The zero-order valence-electron chi connectivity index (χ0n) is 8.82. The Balaban J connectivity index is 2.60. The van der Waals surface area contributed by atoms with Gasteiger partial charge < -0.3 is 10.4 Å². The lowest BCUT2D eigenvalue weighted by Gasteiger charge is -2.08. The molecule has 1 amide bonds. The summed E-state index contributed by atoms with van der Waals surface area (Å²) in [6, 6.07) is 5.40. The number of anilines is 1. The van der Waals surface area contributed by atoms with E-state index in [1.54, 1.807) is 5.32 Å². The summed E-state index contributed by atoms with van der Waals surface area (Å²) < 4.78 is 35.8. The number of alkyl halides is 3. The van der Waals surface area contributed by atoms with Gasteiger partial charge in [0.05, 0.1) is 5.75 Å². The van der Waals surface area contributed by atoms with Gasteiger partial charge in [-0.3, -0.25) is 9.59 Å². The van der Waals surface area contributed by atoms with Gasteiger partial charge in [0.25, 0.3) is 0 Å². The third-order valence-corrected chi connectivity index (χ3v) is 2.73. The summed E-state index contributed by atoms with van der Waals surface area (Å²) in [5, 5.41) is 10.1. The van der Waals surface area contributed by atoms with Crippen molar-refractivity contribution in [3.63, 3.8) is 0 Å². The van der Waals surface area contributed by atoms with Gasteiger partial charge in [-0.1, -0.05) is 0 Å². The molecule has 0 spiro atoms. The number of carbonyl (C=O) groups excluding carboxylic acids is 1. The highest BCUT2D eigenvalue weighted by atomic mass is 32.2. The second-order valence-corrected chi connectivity index (χ2v) is 4.21. The molecule has 0 aromatic heterocycles. The zero-order valence-corrected chi connectivity index (χ0v) is 9.64. The Morgan fingerprint density at radius 2 is 1.78 bits per heavy atom. The van der Waals surface area contributed by atoms with Crippen molar-refractivity contribution < 1.29 is 27.9 Å². The summed E-state index contributed by atoms with van der Waals surface area (Å²) in [7, 11) is 0. The van der Waals surface area contributed by atoms with Crippen LogP contribution in [0.2, 0.25) is 0 Å². The molecule has 0 aliphatic heterocycles. The Labute approximate surface area is 104 Å². The van der Waals surface area contributed by atoms with Crippen molar-refractivity contribution in [3.05, 3.63) is 24.3 Å². The number of rotatable bonds is 4. The number of aliphatic carboxylic acids is 1. The van der Waals surface area contributed by atoms with E-state index in [0.29, 0.717) is 4.90 Å². The van der Waals surface area contributed by atoms with Gasteiger partial charge in [0.2, 0.25) is 0 Å². The molecule has 0 saturated heterocycles. The van der Waals surface area contributed by atoms with E-state index in [1.165, 1.54) is 24.3 Å². The molecule has 18 heavy (non-hydrogen) atoms. The van der Waals surface area contributed by atoms with Crippen LogP contribution < -0.4 is 5.32 Å². The first-order chi connectivity index (χ1) is 8.29. The summed E-state index contributed by atoms with van der Waals surface area (Å²) in [4.78, 5) is 21.5. The van der Waals surface area contributed by atoms with Gasteiger partial charge in [0, 0.05) is 10.6 Å². The minimum atomic E-state index is -4.93. The molecule has 1 rings (SSSR count). The lowest BCUT2D eigenvalue weighted by Crippen LogP contribution is -2.29. The summed E-state index contributed by atoms with van der Waals surface area (Å²) in [5.41, 5.74) is -0.00278. The first kappa shape index (κ1) is 14.4. The van der Waals surface area contributed by atoms with Crippen LogP contribution in [0.4, 0.5) is 18.9 Å². The molecule has 0 aliphatic carbocycles. The molecular weight excluding hydrogens is 271 g/mol. The van der Waals surface area contributed by atoms with Crippen molar-refractivity contribution in [1.29, 1.82) is 0 Å². The van der Waals surface area contributed by atoms with Gasteiger partial charge >= 0.3 is 18.1 Å². The predicted octanol–water partition coefficient (Wildman–Crippen LogP) is 2.36. The molecule has 1 aromatic carbocycles. The lowest BCUT2D eigenvalue weighted by molar-refractivity contribution is -0.167. The van der Waals surface area contributed by atoms with Crippen molar-refractivity contribution in [2.45, 2.75) is 11.1 Å². The van der Waals surface area contributed by atoms with Crippen molar-refractivity contribution in [2.24, 2.45) is 0 Å². The number of amides is 1. The second kappa shape index (κ2) is 5.76. The predicted molar refractivity (Wildman–Crippen MR) is 59.5 cm³/mol. The molecule has 0 atom stereocenters. The maximum atomic E-state index is 11.9. The van der Waals surface area contributed by atoms with Crippen LogP contribution in [0.1, 0.15) is 0 Å². The van der Waals surface area contributed by atoms with Gasteiger partial charge in [-0.15, -0.1) is 11.8 Å². The first-order valence-electron chi connectivity index (χ1n) is 4.62. The fourth-order valence-electron chi connectivity index (χ4n) is 0.982. The monoisotopic (exact) mass is 279 g/mol. The Morgan fingerprint density at radius 1 is 1.22 bits per heavy atom.